The van der Waals surface area contributed by atoms with Crippen LogP contribution in [-0.4, -0.2) is 44.4 Å². The van der Waals surface area contributed by atoms with Crippen molar-refractivity contribution in [3.63, 3.8) is 0 Å². The number of nitrogens with one attached hydrogen (secondary N) is 1. The smallest absolute Gasteiger partial charge is 0.285 e. The number of Topliss-reactive ketones (excluding diaryl/α,β-unsaturated/α-hetero) is 1. The average Bonchev–Trinajstić information content (AvgIpc) is 2.87. The third-order valence-electron chi connectivity index (χ3n) is 3.91. The van der Waals surface area contributed by atoms with Crippen LogP contribution in [0.15, 0.2) is 57.8 Å². The molecule has 0 saturated heterocycles. The number of anilines is 1. The van der Waals surface area contributed by atoms with Crippen LogP contribution in [0.1, 0.15) is 22.8 Å². The Morgan fingerprint density at radius 3 is 2.58 bits per heavy atom. The number of sulfonamides is 1. The van der Waals surface area contributed by atoms with Crippen LogP contribution in [0, 0.1) is 0 Å². The molecule has 0 aliphatic carbocycles. The number of benzene rings is 2. The molecule has 1 aliphatic heterocycles. The highest BCUT2D eigenvalue weighted by molar-refractivity contribution is 7.90. The number of hydrogen-bond acceptors (Lipinski definition) is 5. The number of nitrogens with zero attached hydrogens (tertiary/aromatic N) is 2. The molecular weight excluding hydrogens is 354 g/mol. The molecule has 0 atom stereocenters. The van der Waals surface area contributed by atoms with Gasteiger partial charge in [-0.1, -0.05) is 24.3 Å². The summed E-state index contributed by atoms with van der Waals surface area (Å²) < 4.78 is 28.0. The van der Waals surface area contributed by atoms with Crippen molar-refractivity contribution < 1.29 is 18.0 Å². The molecule has 3 rings (SSSR count). The number of hydrogen-bond donors (Lipinski definition) is 1. The van der Waals surface area contributed by atoms with E-state index in [4.69, 9.17) is 0 Å². The number of amidine groups is 1. The van der Waals surface area contributed by atoms with Gasteiger partial charge in [0, 0.05) is 23.9 Å². The normalized spacial score (nSPS) is 14.3. The van der Waals surface area contributed by atoms with Crippen molar-refractivity contribution in [2.75, 3.05) is 18.9 Å². The SMILES string of the molecule is CC(=O)c1cccc(NC(=O)CN(C)C2=NS(=O)(=O)c3ccccc32)c1. The molecule has 0 aromatic heterocycles. The summed E-state index contributed by atoms with van der Waals surface area (Å²) in [5.41, 5.74) is 1.47. The van der Waals surface area contributed by atoms with E-state index in [1.807, 2.05) is 0 Å². The highest BCUT2D eigenvalue weighted by Crippen LogP contribution is 2.26. The van der Waals surface area contributed by atoms with Gasteiger partial charge >= 0.3 is 0 Å². The molecule has 0 radical (unpaired) electrons. The van der Waals surface area contributed by atoms with Crippen LogP contribution in [0.25, 0.3) is 0 Å². The first-order valence-electron chi connectivity index (χ1n) is 7.84. The molecule has 2 aromatic carbocycles. The van der Waals surface area contributed by atoms with E-state index in [0.717, 1.165) is 0 Å². The summed E-state index contributed by atoms with van der Waals surface area (Å²) in [5.74, 6) is -0.216. The molecule has 1 aliphatic rings. The molecule has 0 unspecified atom stereocenters. The number of fused-ring (bicyclic) bond motifs is 1. The van der Waals surface area contributed by atoms with E-state index in [0.29, 0.717) is 16.8 Å². The van der Waals surface area contributed by atoms with Crippen molar-refractivity contribution in [3.8, 4) is 0 Å². The fraction of sp³-hybridized carbons (Fsp3) is 0.167. The maximum absolute atomic E-state index is 12.3. The van der Waals surface area contributed by atoms with Crippen LogP contribution < -0.4 is 5.32 Å². The maximum atomic E-state index is 12.3. The van der Waals surface area contributed by atoms with Crippen LogP contribution >= 0.6 is 0 Å². The van der Waals surface area contributed by atoms with Gasteiger partial charge in [0.15, 0.2) is 11.6 Å². The van der Waals surface area contributed by atoms with E-state index in [2.05, 4.69) is 9.71 Å². The fourth-order valence-corrected chi connectivity index (χ4v) is 3.92. The maximum Gasteiger partial charge on any atom is 0.285 e. The van der Waals surface area contributed by atoms with Gasteiger partial charge < -0.3 is 10.2 Å². The Balaban J connectivity index is 1.75. The third-order valence-corrected chi connectivity index (χ3v) is 5.23. The number of rotatable bonds is 4. The minimum Gasteiger partial charge on any atom is -0.349 e. The van der Waals surface area contributed by atoms with E-state index in [1.165, 1.54) is 17.9 Å². The summed E-state index contributed by atoms with van der Waals surface area (Å²) in [4.78, 5) is 25.3. The Morgan fingerprint density at radius 2 is 1.85 bits per heavy atom. The highest BCUT2D eigenvalue weighted by Gasteiger charge is 2.30. The summed E-state index contributed by atoms with van der Waals surface area (Å²) >= 11 is 0. The van der Waals surface area contributed by atoms with Crippen LogP contribution in [-0.2, 0) is 14.8 Å². The molecule has 8 heteroatoms. The summed E-state index contributed by atoms with van der Waals surface area (Å²) in [5, 5.41) is 2.70. The van der Waals surface area contributed by atoms with E-state index in [-0.39, 0.29) is 29.0 Å². The molecule has 1 N–H and O–H groups in total. The second-order valence-electron chi connectivity index (χ2n) is 5.93. The second kappa shape index (κ2) is 6.72. The van der Waals surface area contributed by atoms with Crippen LogP contribution in [0.3, 0.4) is 0 Å². The number of carbonyl (C=O) groups is 2. The lowest BCUT2D eigenvalue weighted by molar-refractivity contribution is -0.116. The molecule has 0 bridgehead atoms. The average molecular weight is 371 g/mol. The zero-order valence-electron chi connectivity index (χ0n) is 14.3. The van der Waals surface area contributed by atoms with E-state index in [9.17, 15) is 18.0 Å². The Bertz CT molecular complexity index is 1030. The molecule has 1 amide bonds. The number of likely N-dealkylation sites (N-methyl/N-ethyl adjacent to an activating group) is 1. The van der Waals surface area contributed by atoms with Crippen molar-refractivity contribution >= 4 is 33.2 Å². The van der Waals surface area contributed by atoms with Crippen molar-refractivity contribution in [1.82, 2.24) is 4.90 Å². The van der Waals surface area contributed by atoms with Gasteiger partial charge in [-0.25, -0.2) is 0 Å². The summed E-state index contributed by atoms with van der Waals surface area (Å²) in [6, 6.07) is 13.1. The largest absolute Gasteiger partial charge is 0.349 e. The number of ketones is 1. The summed E-state index contributed by atoms with van der Waals surface area (Å²) in [6.07, 6.45) is 0. The van der Waals surface area contributed by atoms with Crippen molar-refractivity contribution in [2.45, 2.75) is 11.8 Å². The number of amides is 1. The van der Waals surface area contributed by atoms with Gasteiger partial charge in [-0.15, -0.1) is 4.40 Å². The molecule has 1 heterocycles. The first-order chi connectivity index (χ1) is 12.3. The molecule has 2 aromatic rings. The van der Waals surface area contributed by atoms with Crippen LogP contribution in [0.2, 0.25) is 0 Å². The highest BCUT2D eigenvalue weighted by atomic mass is 32.2. The Labute approximate surface area is 151 Å². The molecule has 0 fully saturated rings. The van der Waals surface area contributed by atoms with Gasteiger partial charge in [-0.2, -0.15) is 8.42 Å². The lowest BCUT2D eigenvalue weighted by Crippen LogP contribution is -2.34. The standard InChI is InChI=1S/C18H17N3O4S/c1-12(22)13-6-5-7-14(10-13)19-17(23)11-21(2)18-15-8-3-4-9-16(15)26(24,25)20-18/h3-10H,11H2,1-2H3,(H,19,23). The third kappa shape index (κ3) is 3.50. The monoisotopic (exact) mass is 371 g/mol. The van der Waals surface area contributed by atoms with Gasteiger partial charge in [-0.05, 0) is 31.2 Å². The Morgan fingerprint density at radius 1 is 1.12 bits per heavy atom. The predicted octanol–water partition coefficient (Wildman–Crippen LogP) is 1.91. The van der Waals surface area contributed by atoms with E-state index < -0.39 is 10.0 Å². The van der Waals surface area contributed by atoms with Gasteiger partial charge in [0.2, 0.25) is 5.91 Å². The Hall–Kier alpha value is -3.00. The zero-order chi connectivity index (χ0) is 18.9. The van der Waals surface area contributed by atoms with Crippen LogP contribution in [0.5, 0.6) is 0 Å². The van der Waals surface area contributed by atoms with Crippen molar-refractivity contribution in [3.05, 3.63) is 59.7 Å². The Kier molecular flexibility index (Phi) is 4.60. The van der Waals surface area contributed by atoms with Crippen molar-refractivity contribution in [2.24, 2.45) is 4.40 Å². The topological polar surface area (TPSA) is 95.9 Å². The van der Waals surface area contributed by atoms with E-state index in [1.54, 1.807) is 49.5 Å². The van der Waals surface area contributed by atoms with Gasteiger partial charge in [-0.3, -0.25) is 9.59 Å². The molecule has 134 valence electrons. The van der Waals surface area contributed by atoms with Gasteiger partial charge in [0.1, 0.15) is 4.90 Å². The summed E-state index contributed by atoms with van der Waals surface area (Å²) in [7, 11) is -2.13. The second-order valence-corrected chi connectivity index (χ2v) is 7.50. The molecule has 7 nitrogen and oxygen atoms in total. The first-order valence-corrected chi connectivity index (χ1v) is 9.28. The molecule has 26 heavy (non-hydrogen) atoms. The molecular formula is C18H17N3O4S. The zero-order valence-corrected chi connectivity index (χ0v) is 15.1. The van der Waals surface area contributed by atoms with Gasteiger partial charge in [0.05, 0.1) is 6.54 Å². The van der Waals surface area contributed by atoms with Crippen molar-refractivity contribution in [1.29, 1.82) is 0 Å². The van der Waals surface area contributed by atoms with Gasteiger partial charge in [0.25, 0.3) is 10.0 Å². The lowest BCUT2D eigenvalue weighted by Gasteiger charge is -2.18. The quantitative estimate of drug-likeness (QED) is 0.828. The first kappa shape index (κ1) is 17.8. The fourth-order valence-electron chi connectivity index (χ4n) is 2.67. The lowest BCUT2D eigenvalue weighted by atomic mass is 10.1. The summed E-state index contributed by atoms with van der Waals surface area (Å²) in [6.45, 7) is 1.36. The predicted molar refractivity (Wildman–Crippen MR) is 97.9 cm³/mol. The van der Waals surface area contributed by atoms with E-state index >= 15 is 0 Å². The number of carbonyl (C=O) groups excluding carboxylic acids is 2. The molecule has 0 spiro atoms. The molecule has 0 saturated carbocycles. The minimum atomic E-state index is -3.73. The minimum absolute atomic E-state index is 0.0903. The van der Waals surface area contributed by atoms with Crippen LogP contribution in [0.4, 0.5) is 5.69 Å².